The second-order valence-corrected chi connectivity index (χ2v) is 7.37. The molecule has 0 spiro atoms. The number of hydroxylamine groups is 1. The third kappa shape index (κ3) is 6.10. The monoisotopic (exact) mass is 421 g/mol. The molecule has 2 N–H and O–H groups in total. The van der Waals surface area contributed by atoms with Gasteiger partial charge in [-0.25, -0.2) is 19.7 Å². The maximum atomic E-state index is 13.1. The van der Waals surface area contributed by atoms with E-state index in [4.69, 9.17) is 9.57 Å². The summed E-state index contributed by atoms with van der Waals surface area (Å²) in [6, 6.07) is 14.1. The lowest BCUT2D eigenvalue weighted by Gasteiger charge is -2.21. The topological polar surface area (TPSA) is 76.2 Å². The molecule has 0 bridgehead atoms. The van der Waals surface area contributed by atoms with Crippen LogP contribution in [0.25, 0.3) is 17.3 Å². The van der Waals surface area contributed by atoms with Crippen LogP contribution in [0.2, 0.25) is 0 Å². The molecular weight excluding hydrogens is 397 g/mol. The van der Waals surface area contributed by atoms with Crippen molar-refractivity contribution >= 4 is 12.0 Å². The number of rotatable bonds is 7. The van der Waals surface area contributed by atoms with Gasteiger partial charge < -0.3 is 9.72 Å². The van der Waals surface area contributed by atoms with Crippen LogP contribution in [0.1, 0.15) is 36.2 Å². The summed E-state index contributed by atoms with van der Waals surface area (Å²) in [5.41, 5.74) is 6.03. The molecule has 160 valence electrons. The first-order chi connectivity index (χ1) is 15.2. The largest absolute Gasteiger partial charge is 0.350 e. The van der Waals surface area contributed by atoms with Gasteiger partial charge in [0.2, 0.25) is 0 Å². The molecule has 0 saturated carbocycles. The Kier molecular flexibility index (Phi) is 6.86. The van der Waals surface area contributed by atoms with Crippen LogP contribution >= 0.6 is 0 Å². The predicted molar refractivity (Wildman–Crippen MR) is 115 cm³/mol. The van der Waals surface area contributed by atoms with Crippen LogP contribution in [0.3, 0.4) is 0 Å². The summed E-state index contributed by atoms with van der Waals surface area (Å²) in [7, 11) is 0. The molecule has 1 aliphatic rings. The SMILES string of the molecule is O=C(/C=C/c1ccc(Cc2nc(-c3ccc(F)cc3)c[nH]2)cc1)NOC1CCCCO1. The molecule has 1 amide bonds. The number of benzene rings is 2. The van der Waals surface area contributed by atoms with Gasteiger partial charge in [-0.1, -0.05) is 24.3 Å². The first-order valence-electron chi connectivity index (χ1n) is 10.3. The Morgan fingerprint density at radius 2 is 2.00 bits per heavy atom. The van der Waals surface area contributed by atoms with E-state index in [1.54, 1.807) is 18.2 Å². The summed E-state index contributed by atoms with van der Waals surface area (Å²) in [5, 5.41) is 0. The van der Waals surface area contributed by atoms with Crippen LogP contribution < -0.4 is 5.48 Å². The molecule has 3 aromatic rings. The lowest BCUT2D eigenvalue weighted by molar-refractivity contribution is -0.198. The highest BCUT2D eigenvalue weighted by atomic mass is 19.1. The number of imidazole rings is 1. The van der Waals surface area contributed by atoms with Crippen LogP contribution in [-0.2, 0) is 20.8 Å². The van der Waals surface area contributed by atoms with E-state index in [-0.39, 0.29) is 18.0 Å². The van der Waals surface area contributed by atoms with E-state index in [0.717, 1.165) is 47.5 Å². The van der Waals surface area contributed by atoms with Gasteiger partial charge in [0.1, 0.15) is 11.6 Å². The summed E-state index contributed by atoms with van der Waals surface area (Å²) in [6.07, 6.45) is 8.10. The van der Waals surface area contributed by atoms with E-state index in [9.17, 15) is 9.18 Å². The number of ether oxygens (including phenoxy) is 1. The minimum atomic E-state index is -0.365. The molecule has 1 saturated heterocycles. The molecular formula is C24H24FN3O3. The highest BCUT2D eigenvalue weighted by molar-refractivity contribution is 5.90. The lowest BCUT2D eigenvalue weighted by Crippen LogP contribution is -2.32. The fourth-order valence-electron chi connectivity index (χ4n) is 3.29. The van der Waals surface area contributed by atoms with Crippen molar-refractivity contribution in [2.75, 3.05) is 6.61 Å². The number of nitrogens with one attached hydrogen (secondary N) is 2. The number of carbonyl (C=O) groups excluding carboxylic acids is 1. The van der Waals surface area contributed by atoms with Gasteiger partial charge in [-0.3, -0.25) is 4.79 Å². The van der Waals surface area contributed by atoms with Gasteiger partial charge in [0.15, 0.2) is 6.29 Å². The summed E-state index contributed by atoms with van der Waals surface area (Å²) < 4.78 is 18.5. The van der Waals surface area contributed by atoms with Crippen molar-refractivity contribution in [2.45, 2.75) is 32.0 Å². The predicted octanol–water partition coefficient (Wildman–Crippen LogP) is 4.39. The molecule has 1 atom stereocenters. The molecule has 7 heteroatoms. The minimum Gasteiger partial charge on any atom is -0.350 e. The normalized spacial score (nSPS) is 16.5. The number of hydrogen-bond acceptors (Lipinski definition) is 4. The first kappa shape index (κ1) is 21.0. The van der Waals surface area contributed by atoms with E-state index in [2.05, 4.69) is 15.4 Å². The van der Waals surface area contributed by atoms with Crippen molar-refractivity contribution in [3.05, 3.63) is 83.6 Å². The fraction of sp³-hybridized carbons (Fsp3) is 0.250. The maximum Gasteiger partial charge on any atom is 0.267 e. The van der Waals surface area contributed by atoms with Gasteiger partial charge in [0, 0.05) is 37.3 Å². The third-order valence-electron chi connectivity index (χ3n) is 4.98. The van der Waals surface area contributed by atoms with E-state index >= 15 is 0 Å². The molecule has 1 fully saturated rings. The summed E-state index contributed by atoms with van der Waals surface area (Å²) in [4.78, 5) is 24.9. The fourth-order valence-corrected chi connectivity index (χ4v) is 3.29. The zero-order valence-corrected chi connectivity index (χ0v) is 17.0. The van der Waals surface area contributed by atoms with Gasteiger partial charge in [0.05, 0.1) is 5.69 Å². The molecule has 4 rings (SSSR count). The number of carbonyl (C=O) groups is 1. The highest BCUT2D eigenvalue weighted by Crippen LogP contribution is 2.19. The zero-order valence-electron chi connectivity index (χ0n) is 17.0. The van der Waals surface area contributed by atoms with Crippen LogP contribution in [0.5, 0.6) is 0 Å². The zero-order chi connectivity index (χ0) is 21.5. The van der Waals surface area contributed by atoms with E-state index in [0.29, 0.717) is 13.0 Å². The Morgan fingerprint density at radius 1 is 1.19 bits per heavy atom. The summed E-state index contributed by atoms with van der Waals surface area (Å²) in [5.74, 6) is 0.225. The van der Waals surface area contributed by atoms with Crippen molar-refractivity contribution < 1.29 is 18.8 Å². The van der Waals surface area contributed by atoms with Gasteiger partial charge in [-0.05, 0) is 54.3 Å². The van der Waals surface area contributed by atoms with Crippen molar-refractivity contribution in [3.63, 3.8) is 0 Å². The van der Waals surface area contributed by atoms with Crippen molar-refractivity contribution in [2.24, 2.45) is 0 Å². The number of H-pyrrole nitrogens is 1. The van der Waals surface area contributed by atoms with Gasteiger partial charge in [-0.15, -0.1) is 0 Å². The van der Waals surface area contributed by atoms with Gasteiger partial charge in [-0.2, -0.15) is 0 Å². The van der Waals surface area contributed by atoms with Gasteiger partial charge >= 0.3 is 0 Å². The number of nitrogens with zero attached hydrogens (tertiary/aromatic N) is 1. The Balaban J connectivity index is 1.28. The standard InChI is InChI=1S/C24H24FN3O3/c25-20-11-9-19(10-12-20)21-16-26-22(27-21)15-18-6-4-17(5-7-18)8-13-23(29)28-31-24-3-1-2-14-30-24/h4-13,16,24H,1-3,14-15H2,(H,26,27)(H,28,29)/b13-8+. The molecule has 1 aromatic heterocycles. The number of hydrogen-bond donors (Lipinski definition) is 2. The van der Waals surface area contributed by atoms with Crippen LogP contribution in [0.4, 0.5) is 4.39 Å². The number of amides is 1. The number of aromatic nitrogens is 2. The molecule has 0 radical (unpaired) electrons. The minimum absolute atomic E-state index is 0.267. The van der Waals surface area contributed by atoms with Crippen LogP contribution in [-0.4, -0.2) is 28.8 Å². The number of aromatic amines is 1. The van der Waals surface area contributed by atoms with E-state index in [1.165, 1.54) is 18.2 Å². The van der Waals surface area contributed by atoms with Gasteiger partial charge in [0.25, 0.3) is 5.91 Å². The molecule has 2 heterocycles. The average molecular weight is 421 g/mol. The Morgan fingerprint density at radius 3 is 2.74 bits per heavy atom. The second-order valence-electron chi connectivity index (χ2n) is 7.37. The molecule has 6 nitrogen and oxygen atoms in total. The third-order valence-corrected chi connectivity index (χ3v) is 4.98. The lowest BCUT2D eigenvalue weighted by atomic mass is 10.1. The van der Waals surface area contributed by atoms with Crippen molar-refractivity contribution in [1.82, 2.24) is 15.4 Å². The smallest absolute Gasteiger partial charge is 0.267 e. The molecule has 1 aliphatic heterocycles. The Labute approximate surface area is 180 Å². The first-order valence-corrected chi connectivity index (χ1v) is 10.3. The Hall–Kier alpha value is -3.29. The van der Waals surface area contributed by atoms with E-state index in [1.807, 2.05) is 30.5 Å². The number of halogens is 1. The highest BCUT2D eigenvalue weighted by Gasteiger charge is 2.14. The van der Waals surface area contributed by atoms with Crippen LogP contribution in [0.15, 0.2) is 60.8 Å². The van der Waals surface area contributed by atoms with Crippen molar-refractivity contribution in [1.29, 1.82) is 0 Å². The Bertz CT molecular complexity index is 1020. The van der Waals surface area contributed by atoms with E-state index < -0.39 is 0 Å². The molecule has 31 heavy (non-hydrogen) atoms. The maximum absolute atomic E-state index is 13.1. The second kappa shape index (κ2) is 10.1. The van der Waals surface area contributed by atoms with Crippen molar-refractivity contribution in [3.8, 4) is 11.3 Å². The average Bonchev–Trinajstić information content (AvgIpc) is 3.27. The molecule has 0 aliphatic carbocycles. The molecule has 1 unspecified atom stereocenters. The summed E-state index contributed by atoms with van der Waals surface area (Å²) in [6.45, 7) is 0.661. The quantitative estimate of drug-likeness (QED) is 0.438. The molecule has 2 aromatic carbocycles. The summed E-state index contributed by atoms with van der Waals surface area (Å²) >= 11 is 0. The van der Waals surface area contributed by atoms with Crippen LogP contribution in [0, 0.1) is 5.82 Å².